The second-order valence-electron chi connectivity index (χ2n) is 3.75. The molecule has 3 heteroatoms. The summed E-state index contributed by atoms with van der Waals surface area (Å²) in [6, 6.07) is 1.81. The Morgan fingerprint density at radius 1 is 1.64 bits per heavy atom. The van der Waals surface area contributed by atoms with Crippen LogP contribution in [0.5, 0.6) is 5.88 Å². The lowest BCUT2D eigenvalue weighted by molar-refractivity contribution is 0.112. The molecule has 0 radical (unpaired) electrons. The van der Waals surface area contributed by atoms with Gasteiger partial charge in [0.05, 0.1) is 6.61 Å². The fraction of sp³-hybridized carbons (Fsp3) is 0.455. The van der Waals surface area contributed by atoms with Crippen molar-refractivity contribution in [3.63, 3.8) is 0 Å². The first-order chi connectivity index (χ1) is 6.79. The quantitative estimate of drug-likeness (QED) is 0.683. The predicted octanol–water partition coefficient (Wildman–Crippen LogP) is 1.99. The van der Waals surface area contributed by atoms with Crippen LogP contribution in [0, 0.1) is 12.8 Å². The van der Waals surface area contributed by atoms with Gasteiger partial charge in [-0.1, -0.05) is 0 Å². The molecule has 1 aromatic rings. The zero-order valence-electron chi connectivity index (χ0n) is 8.19. The molecule has 1 saturated carbocycles. The molecule has 1 fully saturated rings. The molecule has 0 aliphatic heterocycles. The molecule has 0 spiro atoms. The normalized spacial score (nSPS) is 15.2. The highest BCUT2D eigenvalue weighted by molar-refractivity contribution is 5.76. The Kier molecular flexibility index (Phi) is 2.48. The van der Waals surface area contributed by atoms with Gasteiger partial charge in [-0.2, -0.15) is 0 Å². The molecule has 1 aromatic heterocycles. The van der Waals surface area contributed by atoms with Gasteiger partial charge < -0.3 is 4.74 Å². The monoisotopic (exact) mass is 191 g/mol. The molecular formula is C11H13NO2. The highest BCUT2D eigenvalue weighted by atomic mass is 16.5. The van der Waals surface area contributed by atoms with Gasteiger partial charge in [-0.05, 0) is 31.2 Å². The maximum absolute atomic E-state index is 10.5. The first-order valence-corrected chi connectivity index (χ1v) is 4.84. The van der Waals surface area contributed by atoms with Crippen LogP contribution in [0.2, 0.25) is 0 Å². The Balaban J connectivity index is 2.02. The molecule has 0 aromatic carbocycles. The molecule has 0 saturated heterocycles. The molecule has 1 aliphatic carbocycles. The highest BCUT2D eigenvalue weighted by Gasteiger charge is 2.22. The van der Waals surface area contributed by atoms with Crippen molar-refractivity contribution < 1.29 is 9.53 Å². The van der Waals surface area contributed by atoms with E-state index in [-0.39, 0.29) is 0 Å². The van der Waals surface area contributed by atoms with Crippen LogP contribution in [0.3, 0.4) is 0 Å². The molecular weight excluding hydrogens is 178 g/mol. The zero-order valence-corrected chi connectivity index (χ0v) is 8.19. The summed E-state index contributed by atoms with van der Waals surface area (Å²) in [7, 11) is 0. The number of ether oxygens (including phenoxy) is 1. The summed E-state index contributed by atoms with van der Waals surface area (Å²) in [5, 5.41) is 0. The average Bonchev–Trinajstić information content (AvgIpc) is 2.98. The minimum absolute atomic E-state index is 0.625. The fourth-order valence-electron chi connectivity index (χ4n) is 1.23. The minimum Gasteiger partial charge on any atom is -0.477 e. The van der Waals surface area contributed by atoms with E-state index in [0.29, 0.717) is 11.4 Å². The molecule has 3 nitrogen and oxygen atoms in total. The number of carbonyl (C=O) groups is 1. The number of pyridine rings is 1. The molecule has 0 atom stereocenters. The van der Waals surface area contributed by atoms with Crippen LogP contribution in [-0.2, 0) is 0 Å². The summed E-state index contributed by atoms with van der Waals surface area (Å²) < 4.78 is 5.48. The van der Waals surface area contributed by atoms with Crippen LogP contribution in [-0.4, -0.2) is 17.9 Å². The molecule has 1 heterocycles. The second kappa shape index (κ2) is 3.78. The maximum atomic E-state index is 10.5. The molecule has 0 bridgehead atoms. The molecule has 14 heavy (non-hydrogen) atoms. The van der Waals surface area contributed by atoms with Crippen molar-refractivity contribution in [2.75, 3.05) is 6.61 Å². The van der Waals surface area contributed by atoms with E-state index >= 15 is 0 Å². The van der Waals surface area contributed by atoms with E-state index in [4.69, 9.17) is 4.74 Å². The molecule has 0 N–H and O–H groups in total. The summed E-state index contributed by atoms with van der Waals surface area (Å²) in [4.78, 5) is 14.6. The number of nitrogens with zero attached hydrogens (tertiary/aromatic N) is 1. The van der Waals surface area contributed by atoms with Crippen LogP contribution in [0.25, 0.3) is 0 Å². The van der Waals surface area contributed by atoms with Crippen LogP contribution in [0.1, 0.15) is 28.8 Å². The molecule has 74 valence electrons. The van der Waals surface area contributed by atoms with E-state index in [1.165, 1.54) is 12.8 Å². The van der Waals surface area contributed by atoms with E-state index < -0.39 is 0 Å². The third-order valence-electron chi connectivity index (χ3n) is 2.42. The Hall–Kier alpha value is -1.38. The highest BCUT2D eigenvalue weighted by Crippen LogP contribution is 2.29. The lowest BCUT2D eigenvalue weighted by Crippen LogP contribution is -2.01. The van der Waals surface area contributed by atoms with Gasteiger partial charge in [0.25, 0.3) is 0 Å². The van der Waals surface area contributed by atoms with Crippen molar-refractivity contribution in [2.45, 2.75) is 19.8 Å². The number of aryl methyl sites for hydroxylation is 1. The summed E-state index contributed by atoms with van der Waals surface area (Å²) in [6.07, 6.45) is 4.91. The Bertz CT molecular complexity index is 345. The van der Waals surface area contributed by atoms with Crippen LogP contribution >= 0.6 is 0 Å². The molecule has 0 unspecified atom stereocenters. The van der Waals surface area contributed by atoms with Crippen molar-refractivity contribution in [3.05, 3.63) is 23.4 Å². The van der Waals surface area contributed by atoms with Crippen LogP contribution < -0.4 is 4.74 Å². The van der Waals surface area contributed by atoms with E-state index in [1.54, 1.807) is 6.20 Å². The van der Waals surface area contributed by atoms with Crippen molar-refractivity contribution >= 4 is 6.29 Å². The van der Waals surface area contributed by atoms with Crippen molar-refractivity contribution in [1.29, 1.82) is 0 Å². The number of aromatic nitrogens is 1. The van der Waals surface area contributed by atoms with Gasteiger partial charge >= 0.3 is 0 Å². The standard InChI is InChI=1S/C11H13NO2/c1-8-4-11(12-5-10(8)6-13)14-7-9-2-3-9/h4-6,9H,2-3,7H2,1H3. The van der Waals surface area contributed by atoms with Gasteiger partial charge in [0.15, 0.2) is 6.29 Å². The number of hydrogen-bond acceptors (Lipinski definition) is 3. The third kappa shape index (κ3) is 2.10. The first kappa shape index (κ1) is 9.19. The minimum atomic E-state index is 0.625. The first-order valence-electron chi connectivity index (χ1n) is 4.84. The van der Waals surface area contributed by atoms with Crippen molar-refractivity contribution in [1.82, 2.24) is 4.98 Å². The lowest BCUT2D eigenvalue weighted by atomic mass is 10.2. The second-order valence-corrected chi connectivity index (χ2v) is 3.75. The maximum Gasteiger partial charge on any atom is 0.213 e. The Morgan fingerprint density at radius 2 is 2.43 bits per heavy atom. The predicted molar refractivity (Wildman–Crippen MR) is 52.6 cm³/mol. The SMILES string of the molecule is Cc1cc(OCC2CC2)ncc1C=O. The Morgan fingerprint density at radius 3 is 3.00 bits per heavy atom. The molecule has 2 rings (SSSR count). The fourth-order valence-corrected chi connectivity index (χ4v) is 1.23. The van der Waals surface area contributed by atoms with E-state index in [0.717, 1.165) is 24.4 Å². The van der Waals surface area contributed by atoms with E-state index in [9.17, 15) is 4.79 Å². The summed E-state index contributed by atoms with van der Waals surface area (Å²) in [5.41, 5.74) is 1.55. The number of carbonyl (C=O) groups excluding carboxylic acids is 1. The van der Waals surface area contributed by atoms with Crippen molar-refractivity contribution in [2.24, 2.45) is 5.92 Å². The smallest absolute Gasteiger partial charge is 0.213 e. The van der Waals surface area contributed by atoms with Crippen molar-refractivity contribution in [3.8, 4) is 5.88 Å². The lowest BCUT2D eigenvalue weighted by Gasteiger charge is -2.05. The zero-order chi connectivity index (χ0) is 9.97. The summed E-state index contributed by atoms with van der Waals surface area (Å²) >= 11 is 0. The average molecular weight is 191 g/mol. The number of aldehydes is 1. The third-order valence-corrected chi connectivity index (χ3v) is 2.42. The van der Waals surface area contributed by atoms with Gasteiger partial charge in [-0.25, -0.2) is 4.98 Å². The molecule has 1 aliphatic rings. The van der Waals surface area contributed by atoms with E-state index in [2.05, 4.69) is 4.98 Å². The van der Waals surface area contributed by atoms with E-state index in [1.807, 2.05) is 13.0 Å². The topological polar surface area (TPSA) is 39.2 Å². The van der Waals surface area contributed by atoms with Gasteiger partial charge in [0.2, 0.25) is 5.88 Å². The van der Waals surface area contributed by atoms with Gasteiger partial charge in [0.1, 0.15) is 0 Å². The number of rotatable bonds is 4. The van der Waals surface area contributed by atoms with Gasteiger partial charge in [0, 0.05) is 17.8 Å². The van der Waals surface area contributed by atoms with Crippen LogP contribution in [0.4, 0.5) is 0 Å². The van der Waals surface area contributed by atoms with Gasteiger partial charge in [-0.3, -0.25) is 4.79 Å². The summed E-state index contributed by atoms with van der Waals surface area (Å²) in [6.45, 7) is 2.64. The largest absolute Gasteiger partial charge is 0.477 e. The summed E-state index contributed by atoms with van der Waals surface area (Å²) in [5.74, 6) is 1.35. The van der Waals surface area contributed by atoms with Crippen LogP contribution in [0.15, 0.2) is 12.3 Å². The number of hydrogen-bond donors (Lipinski definition) is 0. The van der Waals surface area contributed by atoms with Gasteiger partial charge in [-0.15, -0.1) is 0 Å². The Labute approximate surface area is 83.1 Å². The molecule has 0 amide bonds.